The van der Waals surface area contributed by atoms with Crippen molar-refractivity contribution in [2.24, 2.45) is 0 Å². The van der Waals surface area contributed by atoms with Crippen LogP contribution in [0.2, 0.25) is 0 Å². The van der Waals surface area contributed by atoms with Gasteiger partial charge in [0.1, 0.15) is 0 Å². The third-order valence-electron chi connectivity index (χ3n) is 1.29. The quantitative estimate of drug-likeness (QED) is 0.405. The SMILES string of the molecule is O=[N+]([O-])c1ccc(F)c(C(F)(F)F)n1. The summed E-state index contributed by atoms with van der Waals surface area (Å²) in [6.07, 6.45) is -5.03. The molecule has 14 heavy (non-hydrogen) atoms. The summed E-state index contributed by atoms with van der Waals surface area (Å²) < 4.78 is 48.4. The Kier molecular flexibility index (Phi) is 2.37. The van der Waals surface area contributed by atoms with Crippen molar-refractivity contribution in [1.29, 1.82) is 0 Å². The van der Waals surface area contributed by atoms with Gasteiger partial charge in [-0.2, -0.15) is 13.2 Å². The van der Waals surface area contributed by atoms with Gasteiger partial charge in [-0.05, 0) is 16.0 Å². The van der Waals surface area contributed by atoms with Gasteiger partial charge in [0.25, 0.3) is 5.69 Å². The molecular weight excluding hydrogens is 208 g/mol. The zero-order valence-electron chi connectivity index (χ0n) is 6.38. The van der Waals surface area contributed by atoms with Crippen molar-refractivity contribution in [2.45, 2.75) is 6.18 Å². The number of rotatable bonds is 1. The van der Waals surface area contributed by atoms with Crippen LogP contribution >= 0.6 is 0 Å². The van der Waals surface area contributed by atoms with Crippen LogP contribution in [0.1, 0.15) is 5.69 Å². The van der Waals surface area contributed by atoms with Crippen molar-refractivity contribution in [1.82, 2.24) is 4.98 Å². The van der Waals surface area contributed by atoms with Crippen molar-refractivity contribution in [3.05, 3.63) is 33.8 Å². The second-order valence-corrected chi connectivity index (χ2v) is 2.25. The summed E-state index contributed by atoms with van der Waals surface area (Å²) in [5.74, 6) is -2.68. The number of aromatic nitrogens is 1. The Morgan fingerprint density at radius 1 is 1.36 bits per heavy atom. The molecule has 0 atom stereocenters. The second kappa shape index (κ2) is 3.20. The van der Waals surface area contributed by atoms with Gasteiger partial charge in [-0.1, -0.05) is 0 Å². The molecule has 0 aliphatic carbocycles. The number of nitrogens with zero attached hydrogens (tertiary/aromatic N) is 2. The predicted molar refractivity (Wildman–Crippen MR) is 35.9 cm³/mol. The minimum atomic E-state index is -5.03. The summed E-state index contributed by atoms with van der Waals surface area (Å²) in [5, 5.41) is 10.0. The van der Waals surface area contributed by atoms with Crippen LogP contribution in [0.3, 0.4) is 0 Å². The smallest absolute Gasteiger partial charge is 0.358 e. The molecule has 4 nitrogen and oxygen atoms in total. The fourth-order valence-electron chi connectivity index (χ4n) is 0.732. The fraction of sp³-hybridized carbons (Fsp3) is 0.167. The van der Waals surface area contributed by atoms with Crippen molar-refractivity contribution in [3.63, 3.8) is 0 Å². The molecule has 0 fully saturated rings. The van der Waals surface area contributed by atoms with Crippen LogP contribution < -0.4 is 0 Å². The van der Waals surface area contributed by atoms with E-state index in [2.05, 4.69) is 4.98 Å². The summed E-state index contributed by atoms with van der Waals surface area (Å²) in [5.41, 5.74) is -1.88. The first-order valence-corrected chi connectivity index (χ1v) is 3.20. The fourth-order valence-corrected chi connectivity index (χ4v) is 0.732. The van der Waals surface area contributed by atoms with Crippen molar-refractivity contribution in [3.8, 4) is 0 Å². The van der Waals surface area contributed by atoms with Crippen LogP contribution in [0.25, 0.3) is 0 Å². The van der Waals surface area contributed by atoms with Crippen LogP contribution in [-0.2, 0) is 6.18 Å². The molecule has 0 amide bonds. The van der Waals surface area contributed by atoms with E-state index in [-0.39, 0.29) is 0 Å². The molecule has 0 saturated carbocycles. The van der Waals surface area contributed by atoms with Crippen molar-refractivity contribution < 1.29 is 22.5 Å². The Bertz CT molecular complexity index is 377. The zero-order valence-corrected chi connectivity index (χ0v) is 6.38. The molecule has 1 rings (SSSR count). The van der Waals surface area contributed by atoms with E-state index >= 15 is 0 Å². The first kappa shape index (κ1) is 10.4. The number of pyridine rings is 1. The van der Waals surface area contributed by atoms with E-state index in [9.17, 15) is 27.7 Å². The summed E-state index contributed by atoms with van der Waals surface area (Å²) in [7, 11) is 0. The lowest BCUT2D eigenvalue weighted by atomic mass is 10.3. The monoisotopic (exact) mass is 210 g/mol. The minimum Gasteiger partial charge on any atom is -0.358 e. The molecule has 0 saturated heterocycles. The summed E-state index contributed by atoms with van der Waals surface area (Å²) in [4.78, 5) is 11.5. The largest absolute Gasteiger partial charge is 0.461 e. The van der Waals surface area contributed by atoms with Crippen molar-refractivity contribution >= 4 is 5.82 Å². The van der Waals surface area contributed by atoms with Gasteiger partial charge in [0, 0.05) is 6.07 Å². The van der Waals surface area contributed by atoms with E-state index in [1.54, 1.807) is 0 Å². The molecule has 1 aromatic heterocycles. The average molecular weight is 210 g/mol. The highest BCUT2D eigenvalue weighted by Crippen LogP contribution is 2.30. The normalized spacial score (nSPS) is 11.4. The van der Waals surface area contributed by atoms with Gasteiger partial charge in [-0.15, -0.1) is 0 Å². The number of hydrogen-bond acceptors (Lipinski definition) is 3. The Morgan fingerprint density at radius 3 is 2.36 bits per heavy atom. The van der Waals surface area contributed by atoms with E-state index < -0.39 is 28.4 Å². The molecule has 0 N–H and O–H groups in total. The molecule has 0 radical (unpaired) electrons. The van der Waals surface area contributed by atoms with E-state index in [1.165, 1.54) is 0 Å². The Morgan fingerprint density at radius 2 is 1.93 bits per heavy atom. The summed E-state index contributed by atoms with van der Waals surface area (Å²) >= 11 is 0. The topological polar surface area (TPSA) is 56.0 Å². The van der Waals surface area contributed by atoms with Crippen LogP contribution in [0, 0.1) is 15.9 Å². The summed E-state index contributed by atoms with van der Waals surface area (Å²) in [6.45, 7) is 0. The first-order valence-electron chi connectivity index (χ1n) is 3.20. The highest BCUT2D eigenvalue weighted by Gasteiger charge is 2.41. The molecule has 0 spiro atoms. The third kappa shape index (κ3) is 1.95. The highest BCUT2D eigenvalue weighted by molar-refractivity contribution is 5.24. The molecule has 8 heteroatoms. The molecule has 0 bridgehead atoms. The lowest BCUT2D eigenvalue weighted by Crippen LogP contribution is -2.12. The standard InChI is InChI=1S/C6H2F4N2O2/c7-3-1-2-4(12(13)14)11-5(3)6(8,9)10/h1-2H. The lowest BCUT2D eigenvalue weighted by Gasteiger charge is -2.01. The lowest BCUT2D eigenvalue weighted by molar-refractivity contribution is -0.390. The van der Waals surface area contributed by atoms with Crippen LogP contribution in [-0.4, -0.2) is 9.91 Å². The maximum atomic E-state index is 12.5. The molecule has 76 valence electrons. The van der Waals surface area contributed by atoms with E-state index in [4.69, 9.17) is 0 Å². The average Bonchev–Trinajstić information content (AvgIpc) is 2.02. The van der Waals surface area contributed by atoms with Gasteiger partial charge < -0.3 is 10.1 Å². The maximum absolute atomic E-state index is 12.5. The molecule has 0 aromatic carbocycles. The van der Waals surface area contributed by atoms with E-state index in [0.29, 0.717) is 12.1 Å². The van der Waals surface area contributed by atoms with Gasteiger partial charge >= 0.3 is 12.0 Å². The van der Waals surface area contributed by atoms with Crippen LogP contribution in [0.15, 0.2) is 12.1 Å². The number of nitro groups is 1. The predicted octanol–water partition coefficient (Wildman–Crippen LogP) is 2.15. The maximum Gasteiger partial charge on any atom is 0.461 e. The second-order valence-electron chi connectivity index (χ2n) is 2.25. The van der Waals surface area contributed by atoms with Crippen LogP contribution in [0.5, 0.6) is 0 Å². The Hall–Kier alpha value is -1.73. The number of alkyl halides is 3. The number of halogens is 4. The van der Waals surface area contributed by atoms with Gasteiger partial charge in [-0.25, -0.2) is 4.39 Å². The molecule has 0 unspecified atom stereocenters. The minimum absolute atomic E-state index is 0.355. The molecule has 1 aromatic rings. The van der Waals surface area contributed by atoms with Gasteiger partial charge in [0.15, 0.2) is 5.82 Å². The Balaban J connectivity index is 3.29. The van der Waals surface area contributed by atoms with Gasteiger partial charge in [-0.3, -0.25) is 0 Å². The highest BCUT2D eigenvalue weighted by atomic mass is 19.4. The first-order chi connectivity index (χ1) is 6.32. The molecule has 0 aliphatic heterocycles. The van der Waals surface area contributed by atoms with E-state index in [1.807, 2.05) is 0 Å². The number of hydrogen-bond donors (Lipinski definition) is 0. The summed E-state index contributed by atoms with van der Waals surface area (Å²) in [6, 6.07) is 0.915. The Labute approximate surface area is 74.3 Å². The van der Waals surface area contributed by atoms with E-state index in [0.717, 1.165) is 0 Å². The van der Waals surface area contributed by atoms with Gasteiger partial charge in [0.2, 0.25) is 0 Å². The third-order valence-corrected chi connectivity index (χ3v) is 1.29. The van der Waals surface area contributed by atoms with Crippen LogP contribution in [0.4, 0.5) is 23.4 Å². The molecule has 1 heterocycles. The van der Waals surface area contributed by atoms with Gasteiger partial charge in [0.05, 0.1) is 0 Å². The zero-order chi connectivity index (χ0) is 10.9. The molecular formula is C6H2F4N2O2. The molecule has 0 aliphatic rings. The van der Waals surface area contributed by atoms with Crippen molar-refractivity contribution in [2.75, 3.05) is 0 Å².